The van der Waals surface area contributed by atoms with Gasteiger partial charge in [-0.3, -0.25) is 14.6 Å². The molecule has 0 spiro atoms. The van der Waals surface area contributed by atoms with Crippen molar-refractivity contribution in [2.24, 2.45) is 0 Å². The van der Waals surface area contributed by atoms with Gasteiger partial charge in [0.2, 0.25) is 5.91 Å². The summed E-state index contributed by atoms with van der Waals surface area (Å²) in [5, 5.41) is 6.61. The van der Waals surface area contributed by atoms with Crippen molar-refractivity contribution in [3.8, 4) is 5.75 Å². The summed E-state index contributed by atoms with van der Waals surface area (Å²) in [5.41, 5.74) is 2.90. The molecule has 0 saturated heterocycles. The standard InChI is InChI=1S/C20H17N3O3/c1-26-14-7-6-12-8-13(11-21-17(12)9-14)22-19(24)10-18-15-4-2-3-5-16(15)20(25)23-18/h2-9,11,18H,10H2,1H3,(H,22,24)(H,23,25)/t18-/m0/s1. The summed E-state index contributed by atoms with van der Waals surface area (Å²) < 4.78 is 5.18. The number of hydrogen-bond acceptors (Lipinski definition) is 4. The molecule has 26 heavy (non-hydrogen) atoms. The number of hydrogen-bond donors (Lipinski definition) is 2. The summed E-state index contributed by atoms with van der Waals surface area (Å²) >= 11 is 0. The Balaban J connectivity index is 1.49. The number of rotatable bonds is 4. The first-order valence-corrected chi connectivity index (χ1v) is 8.27. The van der Waals surface area contributed by atoms with Gasteiger partial charge in [-0.15, -0.1) is 0 Å². The average Bonchev–Trinajstić information content (AvgIpc) is 2.97. The van der Waals surface area contributed by atoms with Gasteiger partial charge in [0.25, 0.3) is 5.91 Å². The van der Waals surface area contributed by atoms with E-state index < -0.39 is 0 Å². The minimum atomic E-state index is -0.309. The number of ether oxygens (including phenoxy) is 1. The van der Waals surface area contributed by atoms with Crippen molar-refractivity contribution in [1.29, 1.82) is 0 Å². The second-order valence-electron chi connectivity index (χ2n) is 6.15. The van der Waals surface area contributed by atoms with Crippen molar-refractivity contribution in [2.75, 3.05) is 12.4 Å². The normalized spacial score (nSPS) is 15.4. The molecule has 1 aliphatic heterocycles. The van der Waals surface area contributed by atoms with Crippen LogP contribution in [-0.2, 0) is 4.79 Å². The lowest BCUT2D eigenvalue weighted by Gasteiger charge is -2.12. The summed E-state index contributed by atoms with van der Waals surface area (Å²) in [6, 6.07) is 14.5. The van der Waals surface area contributed by atoms with Crippen LogP contribution in [0.3, 0.4) is 0 Å². The van der Waals surface area contributed by atoms with E-state index in [4.69, 9.17) is 4.74 Å². The van der Waals surface area contributed by atoms with Crippen LogP contribution in [0.25, 0.3) is 10.9 Å². The quantitative estimate of drug-likeness (QED) is 0.760. The molecular formula is C20H17N3O3. The monoisotopic (exact) mass is 347 g/mol. The molecule has 4 rings (SSSR count). The van der Waals surface area contributed by atoms with E-state index in [1.165, 1.54) is 0 Å². The Morgan fingerprint density at radius 1 is 1.23 bits per heavy atom. The summed E-state index contributed by atoms with van der Waals surface area (Å²) in [7, 11) is 1.61. The Labute approximate surface area is 150 Å². The molecule has 1 aromatic heterocycles. The number of carbonyl (C=O) groups excluding carboxylic acids is 2. The van der Waals surface area contributed by atoms with E-state index >= 15 is 0 Å². The number of amides is 2. The number of pyridine rings is 1. The third-order valence-corrected chi connectivity index (χ3v) is 4.45. The van der Waals surface area contributed by atoms with Crippen LogP contribution in [0.5, 0.6) is 5.75 Å². The van der Waals surface area contributed by atoms with Gasteiger partial charge in [0.15, 0.2) is 0 Å². The van der Waals surface area contributed by atoms with Crippen molar-refractivity contribution >= 4 is 28.4 Å². The van der Waals surface area contributed by atoms with Crippen LogP contribution in [0.1, 0.15) is 28.4 Å². The third kappa shape index (κ3) is 2.97. The fourth-order valence-electron chi connectivity index (χ4n) is 3.18. The third-order valence-electron chi connectivity index (χ3n) is 4.45. The number of fused-ring (bicyclic) bond motifs is 2. The second-order valence-corrected chi connectivity index (χ2v) is 6.15. The molecule has 0 radical (unpaired) electrons. The molecule has 0 unspecified atom stereocenters. The van der Waals surface area contributed by atoms with E-state index in [1.54, 1.807) is 19.4 Å². The van der Waals surface area contributed by atoms with Crippen LogP contribution < -0.4 is 15.4 Å². The molecule has 1 atom stereocenters. The first kappa shape index (κ1) is 16.1. The van der Waals surface area contributed by atoms with E-state index in [9.17, 15) is 9.59 Å². The Morgan fingerprint density at radius 2 is 2.08 bits per heavy atom. The highest BCUT2D eigenvalue weighted by Gasteiger charge is 2.29. The Morgan fingerprint density at radius 3 is 2.92 bits per heavy atom. The topological polar surface area (TPSA) is 80.3 Å². The lowest BCUT2D eigenvalue weighted by atomic mass is 10.0. The predicted octanol–water partition coefficient (Wildman–Crippen LogP) is 3.06. The summed E-state index contributed by atoms with van der Waals surface area (Å²) in [6.45, 7) is 0. The lowest BCUT2D eigenvalue weighted by molar-refractivity contribution is -0.116. The van der Waals surface area contributed by atoms with Crippen molar-refractivity contribution in [3.63, 3.8) is 0 Å². The van der Waals surface area contributed by atoms with Gasteiger partial charge in [0, 0.05) is 17.0 Å². The van der Waals surface area contributed by atoms with Gasteiger partial charge < -0.3 is 15.4 Å². The van der Waals surface area contributed by atoms with Crippen molar-refractivity contribution in [1.82, 2.24) is 10.3 Å². The van der Waals surface area contributed by atoms with E-state index in [1.807, 2.05) is 42.5 Å². The number of nitrogens with one attached hydrogen (secondary N) is 2. The molecule has 2 aromatic carbocycles. The molecule has 0 bridgehead atoms. The highest BCUT2D eigenvalue weighted by Crippen LogP contribution is 2.28. The van der Waals surface area contributed by atoms with Crippen LogP contribution in [0.4, 0.5) is 5.69 Å². The summed E-state index contributed by atoms with van der Waals surface area (Å²) in [5.74, 6) is 0.416. The largest absolute Gasteiger partial charge is 0.497 e. The molecule has 130 valence electrons. The van der Waals surface area contributed by atoms with Crippen molar-refractivity contribution < 1.29 is 14.3 Å². The Bertz CT molecular complexity index is 1020. The molecule has 0 aliphatic carbocycles. The van der Waals surface area contributed by atoms with Crippen LogP contribution in [-0.4, -0.2) is 23.9 Å². The maximum Gasteiger partial charge on any atom is 0.252 e. The van der Waals surface area contributed by atoms with Gasteiger partial charge in [-0.05, 0) is 29.8 Å². The van der Waals surface area contributed by atoms with Gasteiger partial charge in [-0.2, -0.15) is 0 Å². The highest BCUT2D eigenvalue weighted by molar-refractivity contribution is 6.00. The zero-order chi connectivity index (χ0) is 18.1. The number of aromatic nitrogens is 1. The van der Waals surface area contributed by atoms with Crippen LogP contribution in [0, 0.1) is 0 Å². The maximum absolute atomic E-state index is 12.4. The SMILES string of the molecule is COc1ccc2cc(NC(=O)C[C@@H]3NC(=O)c4ccccc43)cnc2c1. The van der Waals surface area contributed by atoms with Gasteiger partial charge in [0.1, 0.15) is 5.75 Å². The minimum absolute atomic E-state index is 0.139. The Hall–Kier alpha value is -3.41. The van der Waals surface area contributed by atoms with Gasteiger partial charge >= 0.3 is 0 Å². The Kier molecular flexibility index (Phi) is 4.01. The molecule has 6 nitrogen and oxygen atoms in total. The molecule has 0 fully saturated rings. The van der Waals surface area contributed by atoms with Gasteiger partial charge in [-0.1, -0.05) is 18.2 Å². The summed E-state index contributed by atoms with van der Waals surface area (Å²) in [4.78, 5) is 28.7. The smallest absolute Gasteiger partial charge is 0.252 e. The van der Waals surface area contributed by atoms with Crippen LogP contribution in [0.2, 0.25) is 0 Å². The van der Waals surface area contributed by atoms with Crippen molar-refractivity contribution in [2.45, 2.75) is 12.5 Å². The van der Waals surface area contributed by atoms with E-state index in [2.05, 4.69) is 15.6 Å². The summed E-state index contributed by atoms with van der Waals surface area (Å²) in [6.07, 6.45) is 1.78. The number of benzene rings is 2. The zero-order valence-corrected chi connectivity index (χ0v) is 14.2. The molecule has 3 aromatic rings. The molecule has 2 N–H and O–H groups in total. The fourth-order valence-corrected chi connectivity index (χ4v) is 3.18. The number of nitrogens with zero attached hydrogens (tertiary/aromatic N) is 1. The molecule has 0 saturated carbocycles. The molecular weight excluding hydrogens is 330 g/mol. The maximum atomic E-state index is 12.4. The number of methoxy groups -OCH3 is 1. The zero-order valence-electron chi connectivity index (χ0n) is 14.2. The van der Waals surface area contributed by atoms with Gasteiger partial charge in [0.05, 0.1) is 37.0 Å². The lowest BCUT2D eigenvalue weighted by Crippen LogP contribution is -2.24. The first-order chi connectivity index (χ1) is 12.6. The predicted molar refractivity (Wildman–Crippen MR) is 98.2 cm³/mol. The van der Waals surface area contributed by atoms with E-state index in [0.29, 0.717) is 11.3 Å². The molecule has 1 aliphatic rings. The first-order valence-electron chi connectivity index (χ1n) is 8.27. The van der Waals surface area contributed by atoms with Gasteiger partial charge in [-0.25, -0.2) is 0 Å². The number of carbonyl (C=O) groups is 2. The second kappa shape index (κ2) is 6.48. The molecule has 6 heteroatoms. The van der Waals surface area contributed by atoms with E-state index in [0.717, 1.165) is 22.2 Å². The van der Waals surface area contributed by atoms with Crippen LogP contribution >= 0.6 is 0 Å². The van der Waals surface area contributed by atoms with Crippen molar-refractivity contribution in [3.05, 3.63) is 65.9 Å². The molecule has 2 amide bonds. The van der Waals surface area contributed by atoms with Crippen LogP contribution in [0.15, 0.2) is 54.7 Å². The fraction of sp³-hybridized carbons (Fsp3) is 0.150. The highest BCUT2D eigenvalue weighted by atomic mass is 16.5. The van der Waals surface area contributed by atoms with E-state index in [-0.39, 0.29) is 24.3 Å². The average molecular weight is 347 g/mol. The number of anilines is 1. The minimum Gasteiger partial charge on any atom is -0.497 e. The molecule has 2 heterocycles.